The van der Waals surface area contributed by atoms with Crippen LogP contribution in [-0.2, 0) is 11.3 Å². The molecule has 45 heavy (non-hydrogen) atoms. The molecule has 3 heterocycles. The number of piperazine rings is 1. The molecule has 6 nitrogen and oxygen atoms in total. The molecular formula is C35H36Cl4N4O2. The number of carbonyl (C=O) groups excluding carboxylic acids is 1. The fraction of sp³-hybridized carbons (Fsp3) is 0.400. The van der Waals surface area contributed by atoms with Gasteiger partial charge in [0.25, 0.3) is 5.91 Å². The first kappa shape index (κ1) is 31.2. The van der Waals surface area contributed by atoms with Crippen molar-refractivity contribution >= 4 is 63.6 Å². The first-order chi connectivity index (χ1) is 21.7. The zero-order valence-electron chi connectivity index (χ0n) is 25.1. The number of halogens is 4. The van der Waals surface area contributed by atoms with Crippen LogP contribution in [0.3, 0.4) is 0 Å². The smallest absolute Gasteiger partial charge is 0.252 e. The molecule has 0 aromatic heterocycles. The van der Waals surface area contributed by atoms with Crippen molar-refractivity contribution in [2.75, 3.05) is 31.1 Å². The van der Waals surface area contributed by atoms with Crippen LogP contribution in [0.4, 0.5) is 5.69 Å². The molecule has 3 aliphatic heterocycles. The molecule has 0 spiro atoms. The number of hydrogen-bond donors (Lipinski definition) is 2. The lowest BCUT2D eigenvalue weighted by Gasteiger charge is -2.41. The minimum absolute atomic E-state index is 0.00739. The van der Waals surface area contributed by atoms with Crippen molar-refractivity contribution in [1.82, 2.24) is 15.5 Å². The zero-order valence-corrected chi connectivity index (χ0v) is 28.1. The second-order valence-electron chi connectivity index (χ2n) is 12.6. The largest absolute Gasteiger partial charge is 0.485 e. The highest BCUT2D eigenvalue weighted by Crippen LogP contribution is 2.39. The van der Waals surface area contributed by atoms with Crippen LogP contribution in [0.25, 0.3) is 5.57 Å². The Balaban J connectivity index is 1.13. The SMILES string of the molecule is Cc1cc(Cl)c(O[C@@H]2CCN(c3ccc(C4=C(C(=O)N(Cc5cccc(Cl)c5Cl)C5CC5)[C@@H]5CNC[C@H](C4)N5)cc3)C2)c(Cl)c1. The lowest BCUT2D eigenvalue weighted by Crippen LogP contribution is -2.60. The monoisotopic (exact) mass is 684 g/mol. The van der Waals surface area contributed by atoms with Crippen molar-refractivity contribution in [3.05, 3.63) is 97.0 Å². The molecule has 236 valence electrons. The number of carbonyl (C=O) groups is 1. The van der Waals surface area contributed by atoms with Gasteiger partial charge in [-0.1, -0.05) is 70.7 Å². The minimum atomic E-state index is -0.0485. The molecule has 0 radical (unpaired) electrons. The number of anilines is 1. The van der Waals surface area contributed by atoms with Crippen molar-refractivity contribution in [3.63, 3.8) is 0 Å². The molecule has 3 fully saturated rings. The summed E-state index contributed by atoms with van der Waals surface area (Å²) in [6.45, 7) is 5.63. The molecule has 3 aromatic rings. The van der Waals surface area contributed by atoms with E-state index in [0.717, 1.165) is 85.4 Å². The fourth-order valence-electron chi connectivity index (χ4n) is 6.90. The Labute approximate surface area is 284 Å². The van der Waals surface area contributed by atoms with Gasteiger partial charge in [0.05, 0.1) is 32.7 Å². The summed E-state index contributed by atoms with van der Waals surface area (Å²) in [6, 6.07) is 18.5. The topological polar surface area (TPSA) is 56.8 Å². The van der Waals surface area contributed by atoms with E-state index < -0.39 is 0 Å². The predicted octanol–water partition coefficient (Wildman–Crippen LogP) is 7.54. The van der Waals surface area contributed by atoms with Gasteiger partial charge in [0.15, 0.2) is 5.75 Å². The molecule has 2 bridgehead atoms. The van der Waals surface area contributed by atoms with Gasteiger partial charge in [0.2, 0.25) is 0 Å². The molecule has 2 N–H and O–H groups in total. The third-order valence-corrected chi connectivity index (χ3v) is 10.7. The summed E-state index contributed by atoms with van der Waals surface area (Å²) in [5, 5.41) is 9.36. The highest BCUT2D eigenvalue weighted by molar-refractivity contribution is 6.42. The summed E-state index contributed by atoms with van der Waals surface area (Å²) < 4.78 is 6.26. The minimum Gasteiger partial charge on any atom is -0.485 e. The molecule has 1 amide bonds. The van der Waals surface area contributed by atoms with Gasteiger partial charge >= 0.3 is 0 Å². The number of ether oxygens (including phenoxy) is 1. The third kappa shape index (κ3) is 6.56. The van der Waals surface area contributed by atoms with Crippen LogP contribution in [0.1, 0.15) is 42.4 Å². The van der Waals surface area contributed by atoms with Crippen LogP contribution in [0, 0.1) is 6.92 Å². The Morgan fingerprint density at radius 3 is 2.47 bits per heavy atom. The number of rotatable bonds is 8. The second kappa shape index (κ2) is 13.0. The van der Waals surface area contributed by atoms with E-state index in [0.29, 0.717) is 32.4 Å². The van der Waals surface area contributed by atoms with Crippen LogP contribution >= 0.6 is 46.4 Å². The van der Waals surface area contributed by atoms with Crippen molar-refractivity contribution in [2.24, 2.45) is 0 Å². The summed E-state index contributed by atoms with van der Waals surface area (Å²) in [5.41, 5.74) is 6.10. The molecular weight excluding hydrogens is 650 g/mol. The average Bonchev–Trinajstić information content (AvgIpc) is 3.76. The number of amides is 1. The number of nitrogens with zero attached hydrogens (tertiary/aromatic N) is 2. The molecule has 7 rings (SSSR count). The highest BCUT2D eigenvalue weighted by Gasteiger charge is 2.41. The van der Waals surface area contributed by atoms with Crippen molar-refractivity contribution < 1.29 is 9.53 Å². The first-order valence-electron chi connectivity index (χ1n) is 15.7. The van der Waals surface area contributed by atoms with E-state index in [1.54, 1.807) is 6.07 Å². The lowest BCUT2D eigenvalue weighted by atomic mass is 9.83. The van der Waals surface area contributed by atoms with Crippen LogP contribution in [0.15, 0.2) is 60.2 Å². The fourth-order valence-corrected chi connectivity index (χ4v) is 7.96. The van der Waals surface area contributed by atoms with Crippen LogP contribution in [-0.4, -0.2) is 61.2 Å². The molecule has 4 aliphatic rings. The summed E-state index contributed by atoms with van der Waals surface area (Å²) >= 11 is 25.8. The molecule has 2 saturated heterocycles. The van der Waals surface area contributed by atoms with E-state index in [1.807, 2.05) is 36.1 Å². The maximum Gasteiger partial charge on any atom is 0.252 e. The maximum atomic E-state index is 14.5. The van der Waals surface area contributed by atoms with Crippen molar-refractivity contribution in [2.45, 2.75) is 63.4 Å². The number of hydrogen-bond acceptors (Lipinski definition) is 5. The van der Waals surface area contributed by atoms with E-state index in [2.05, 4.69) is 39.8 Å². The van der Waals surface area contributed by atoms with Gasteiger partial charge in [-0.25, -0.2) is 0 Å². The predicted molar refractivity (Wildman–Crippen MR) is 184 cm³/mol. The molecule has 1 aliphatic carbocycles. The second-order valence-corrected chi connectivity index (χ2v) is 14.2. The Hall–Kier alpha value is -2.45. The van der Waals surface area contributed by atoms with Gasteiger partial charge in [-0.15, -0.1) is 0 Å². The van der Waals surface area contributed by atoms with E-state index >= 15 is 0 Å². The average molecular weight is 687 g/mol. The van der Waals surface area contributed by atoms with Crippen LogP contribution in [0.5, 0.6) is 5.75 Å². The van der Waals surface area contributed by atoms with Gasteiger partial charge in [-0.3, -0.25) is 4.79 Å². The van der Waals surface area contributed by atoms with E-state index in [1.165, 1.54) is 0 Å². The number of nitrogens with one attached hydrogen (secondary N) is 2. The van der Waals surface area contributed by atoms with Gasteiger partial charge in [0, 0.05) is 55.9 Å². The Morgan fingerprint density at radius 1 is 0.978 bits per heavy atom. The Bertz CT molecular complexity index is 1620. The molecule has 10 heteroatoms. The third-order valence-electron chi connectivity index (χ3n) is 9.30. The number of benzene rings is 3. The van der Waals surface area contributed by atoms with Crippen molar-refractivity contribution in [1.29, 1.82) is 0 Å². The van der Waals surface area contributed by atoms with Gasteiger partial charge in [-0.2, -0.15) is 0 Å². The van der Waals surface area contributed by atoms with Gasteiger partial charge in [0.1, 0.15) is 6.10 Å². The van der Waals surface area contributed by atoms with E-state index in [-0.39, 0.29) is 30.1 Å². The van der Waals surface area contributed by atoms with Crippen LogP contribution in [0.2, 0.25) is 20.1 Å². The van der Waals surface area contributed by atoms with E-state index in [9.17, 15) is 4.79 Å². The molecule has 1 saturated carbocycles. The summed E-state index contributed by atoms with van der Waals surface area (Å²) in [4.78, 5) is 18.8. The highest BCUT2D eigenvalue weighted by atomic mass is 35.5. The Kier molecular flexibility index (Phi) is 8.99. The standard InChI is InChI=1S/C35H36Cl4N4O2/c1-20-13-29(37)34(30(38)14-20)45-26-11-12-42(19-26)24-7-5-21(6-8-24)27-15-23-16-40-17-31(41-23)32(27)35(44)43(25-9-10-25)18-22-3-2-4-28(36)33(22)39/h2-8,13-14,23,25-26,31,40-41H,9-12,15-19H2,1H3/t23-,26+,31-/m0/s1. The van der Waals surface area contributed by atoms with Gasteiger partial charge in [-0.05, 0) is 78.8 Å². The van der Waals surface area contributed by atoms with E-state index in [4.69, 9.17) is 51.1 Å². The lowest BCUT2D eigenvalue weighted by molar-refractivity contribution is -0.128. The summed E-state index contributed by atoms with van der Waals surface area (Å²) in [5.74, 6) is 0.638. The molecule has 3 aromatic carbocycles. The maximum absolute atomic E-state index is 14.5. The first-order valence-corrected chi connectivity index (χ1v) is 17.2. The summed E-state index contributed by atoms with van der Waals surface area (Å²) in [7, 11) is 0. The molecule has 0 unspecified atom stereocenters. The normalized spacial score (nSPS) is 23.0. The van der Waals surface area contributed by atoms with Crippen LogP contribution < -0.4 is 20.3 Å². The quantitative estimate of drug-likeness (QED) is 0.257. The molecule has 3 atom stereocenters. The zero-order chi connectivity index (χ0) is 31.2. The number of aryl methyl sites for hydroxylation is 1. The number of fused-ring (bicyclic) bond motifs is 2. The Morgan fingerprint density at radius 2 is 1.73 bits per heavy atom. The van der Waals surface area contributed by atoms with Crippen molar-refractivity contribution in [3.8, 4) is 5.75 Å². The van der Waals surface area contributed by atoms with Gasteiger partial charge < -0.3 is 25.2 Å². The summed E-state index contributed by atoms with van der Waals surface area (Å²) in [6.07, 6.45) is 3.67.